The van der Waals surface area contributed by atoms with Gasteiger partial charge in [-0.15, -0.1) is 0 Å². The van der Waals surface area contributed by atoms with E-state index in [0.717, 1.165) is 4.46 Å². The molecule has 0 unspecified atom stereocenters. The van der Waals surface area contributed by atoms with Gasteiger partial charge in [-0.05, 0) is 0 Å². The van der Waals surface area contributed by atoms with Gasteiger partial charge in [0.05, 0.1) is 0 Å². The van der Waals surface area contributed by atoms with Crippen LogP contribution < -0.4 is 14.5 Å². The molecule has 0 aliphatic carbocycles. The Morgan fingerprint density at radius 2 is 1.80 bits per heavy atom. The van der Waals surface area contributed by atoms with Crippen molar-refractivity contribution in [2.24, 2.45) is 0 Å². The van der Waals surface area contributed by atoms with Crippen molar-refractivity contribution in [2.45, 2.75) is 0 Å². The average molecular weight is 335 g/mol. The van der Waals surface area contributed by atoms with Crippen molar-refractivity contribution in [1.29, 1.82) is 5.26 Å². The van der Waals surface area contributed by atoms with Gasteiger partial charge in [0.25, 0.3) is 0 Å². The molecule has 0 aliphatic rings. The Morgan fingerprint density at radius 1 is 1.15 bits per heavy atom. The van der Waals surface area contributed by atoms with Crippen molar-refractivity contribution in [1.82, 2.24) is 0 Å². The van der Waals surface area contributed by atoms with Crippen LogP contribution in [0.5, 0.6) is 5.75 Å². The third-order valence-corrected chi connectivity index (χ3v) is 3.55. The molecule has 1 amide bonds. The number of benzene rings is 2. The molecule has 0 saturated carbocycles. The Balaban J connectivity index is 1.94. The van der Waals surface area contributed by atoms with Gasteiger partial charge in [0.2, 0.25) is 0 Å². The van der Waals surface area contributed by atoms with E-state index in [2.05, 4.69) is 10.3 Å². The van der Waals surface area contributed by atoms with Crippen molar-refractivity contribution < 1.29 is 13.9 Å². The zero-order chi connectivity index (χ0) is 14.4. The van der Waals surface area contributed by atoms with E-state index >= 15 is 0 Å². The number of nitrogens with zero attached hydrogens (tertiary/aromatic N) is 1. The number of carbonyl (C=O) groups excluding carboxylic acids is 1. The molecule has 0 fully saturated rings. The van der Waals surface area contributed by atoms with Crippen LogP contribution in [0.15, 0.2) is 48.5 Å². The molecular formula is C14H9FN2O2Se. The Kier molecular flexibility index (Phi) is 4.72. The van der Waals surface area contributed by atoms with Crippen molar-refractivity contribution in [3.63, 3.8) is 0 Å². The van der Waals surface area contributed by atoms with Gasteiger partial charge < -0.3 is 0 Å². The summed E-state index contributed by atoms with van der Waals surface area (Å²) in [5, 5.41) is 11.1. The number of hydrogen-bond acceptors (Lipinski definition) is 3. The van der Waals surface area contributed by atoms with E-state index in [1.165, 1.54) is 24.3 Å². The third kappa shape index (κ3) is 4.09. The molecule has 0 aliphatic heterocycles. The summed E-state index contributed by atoms with van der Waals surface area (Å²) in [6.45, 7) is 0. The molecular weight excluding hydrogens is 326 g/mol. The fourth-order valence-electron chi connectivity index (χ4n) is 1.41. The Labute approximate surface area is 121 Å². The summed E-state index contributed by atoms with van der Waals surface area (Å²) in [4.78, 5) is 13.7. The number of carbonyl (C=O) groups is 1. The number of anilines is 1. The summed E-state index contributed by atoms with van der Waals surface area (Å²) in [6, 6.07) is 12.1. The number of nitrogens with one attached hydrogen (secondary N) is 1. The summed E-state index contributed by atoms with van der Waals surface area (Å²) < 4.78 is 18.6. The number of amides is 1. The molecule has 6 heteroatoms. The molecule has 20 heavy (non-hydrogen) atoms. The summed E-state index contributed by atoms with van der Waals surface area (Å²) in [7, 11) is 0. The average Bonchev–Trinajstić information content (AvgIpc) is 2.44. The van der Waals surface area contributed by atoms with E-state index in [4.69, 9.17) is 10.00 Å². The van der Waals surface area contributed by atoms with E-state index < -0.39 is 11.9 Å². The van der Waals surface area contributed by atoms with Gasteiger partial charge in [0.1, 0.15) is 0 Å². The van der Waals surface area contributed by atoms with Gasteiger partial charge in [0.15, 0.2) is 0 Å². The van der Waals surface area contributed by atoms with Crippen LogP contribution in [0.4, 0.5) is 14.9 Å². The predicted molar refractivity (Wildman–Crippen MR) is 73.5 cm³/mol. The van der Waals surface area contributed by atoms with E-state index in [1.807, 2.05) is 0 Å². The van der Waals surface area contributed by atoms with Crippen LogP contribution in [0.3, 0.4) is 0 Å². The number of rotatable bonds is 3. The standard InChI is InChI=1S/C14H9FN2O2Se/c15-10-1-5-12(6-2-10)19-14(18)17-11-3-7-13(8-4-11)20-9-16/h1-8H,(H,17,18). The van der Waals surface area contributed by atoms with Gasteiger partial charge in [0, 0.05) is 0 Å². The number of halogens is 1. The first-order valence-corrected chi connectivity index (χ1v) is 7.29. The first-order chi connectivity index (χ1) is 9.67. The molecule has 2 aromatic carbocycles. The third-order valence-electron chi connectivity index (χ3n) is 2.29. The van der Waals surface area contributed by atoms with Crippen LogP contribution in [-0.2, 0) is 0 Å². The van der Waals surface area contributed by atoms with Crippen LogP contribution >= 0.6 is 0 Å². The van der Waals surface area contributed by atoms with E-state index in [0.29, 0.717) is 5.69 Å². The quantitative estimate of drug-likeness (QED) is 0.875. The molecule has 0 radical (unpaired) electrons. The molecule has 0 bridgehead atoms. The molecule has 2 rings (SSSR count). The maximum absolute atomic E-state index is 12.7. The monoisotopic (exact) mass is 336 g/mol. The topological polar surface area (TPSA) is 62.1 Å². The van der Waals surface area contributed by atoms with Gasteiger partial charge in [-0.2, -0.15) is 0 Å². The van der Waals surface area contributed by atoms with Crippen LogP contribution in [0.25, 0.3) is 0 Å². The van der Waals surface area contributed by atoms with Crippen molar-refractivity contribution in [3.8, 4) is 10.7 Å². The van der Waals surface area contributed by atoms with Crippen molar-refractivity contribution in [2.75, 3.05) is 5.32 Å². The number of ether oxygens (including phenoxy) is 1. The Morgan fingerprint density at radius 3 is 2.40 bits per heavy atom. The molecule has 0 aromatic heterocycles. The second kappa shape index (κ2) is 6.71. The molecule has 0 spiro atoms. The first-order valence-electron chi connectivity index (χ1n) is 5.58. The maximum atomic E-state index is 12.7. The second-order valence-corrected chi connectivity index (χ2v) is 5.49. The van der Waals surface area contributed by atoms with Crippen LogP contribution in [0, 0.1) is 16.0 Å². The van der Waals surface area contributed by atoms with Crippen LogP contribution in [-0.4, -0.2) is 21.1 Å². The molecule has 100 valence electrons. The molecule has 0 atom stereocenters. The van der Waals surface area contributed by atoms with E-state index in [-0.39, 0.29) is 20.7 Å². The van der Waals surface area contributed by atoms with Crippen molar-refractivity contribution in [3.05, 3.63) is 54.3 Å². The molecule has 2 aromatic rings. The van der Waals surface area contributed by atoms with Gasteiger partial charge in [-0.1, -0.05) is 0 Å². The summed E-state index contributed by atoms with van der Waals surface area (Å²) in [6.07, 6.45) is -0.657. The summed E-state index contributed by atoms with van der Waals surface area (Å²) in [5.74, 6) is -0.138. The minimum atomic E-state index is -0.657. The summed E-state index contributed by atoms with van der Waals surface area (Å²) in [5.41, 5.74) is 0.564. The molecule has 4 nitrogen and oxygen atoms in total. The van der Waals surface area contributed by atoms with Gasteiger partial charge >= 0.3 is 121 Å². The fraction of sp³-hybridized carbons (Fsp3) is 0. The van der Waals surface area contributed by atoms with Crippen LogP contribution in [0.2, 0.25) is 0 Å². The number of nitriles is 1. The van der Waals surface area contributed by atoms with E-state index in [1.54, 1.807) is 24.3 Å². The summed E-state index contributed by atoms with van der Waals surface area (Å²) >= 11 is -0.215. The molecule has 1 N–H and O–H groups in total. The fourth-order valence-corrected chi connectivity index (χ4v) is 2.20. The van der Waals surface area contributed by atoms with Gasteiger partial charge in [-0.3, -0.25) is 0 Å². The Hall–Kier alpha value is -2.35. The van der Waals surface area contributed by atoms with Crippen LogP contribution in [0.1, 0.15) is 0 Å². The first kappa shape index (κ1) is 14.1. The number of hydrogen-bond donors (Lipinski definition) is 1. The van der Waals surface area contributed by atoms with Crippen molar-refractivity contribution >= 4 is 31.2 Å². The SMILES string of the molecule is N#C[Se]c1ccc(NC(=O)Oc2ccc(F)cc2)cc1. The van der Waals surface area contributed by atoms with Gasteiger partial charge in [-0.25, -0.2) is 0 Å². The van der Waals surface area contributed by atoms with E-state index in [9.17, 15) is 9.18 Å². The normalized spacial score (nSPS) is 9.60. The molecule has 0 heterocycles. The molecule has 0 saturated heterocycles. The zero-order valence-electron chi connectivity index (χ0n) is 10.2. The predicted octanol–water partition coefficient (Wildman–Crippen LogP) is 2.25. The Bertz CT molecular complexity index is 636. The second-order valence-electron chi connectivity index (χ2n) is 3.69. The zero-order valence-corrected chi connectivity index (χ0v) is 11.9. The minimum absolute atomic E-state index is 0.215.